The van der Waals surface area contributed by atoms with E-state index >= 15 is 0 Å². The summed E-state index contributed by atoms with van der Waals surface area (Å²) in [5.41, 5.74) is -1.64. The van der Waals surface area contributed by atoms with Gasteiger partial charge in [-0.1, -0.05) is 11.6 Å². The molecule has 0 unspecified atom stereocenters. The number of thiophene rings is 1. The molecule has 2 aromatic rings. The molecule has 1 aliphatic rings. The Morgan fingerprint density at radius 2 is 1.77 bits per heavy atom. The summed E-state index contributed by atoms with van der Waals surface area (Å²) >= 11 is 6.95. The van der Waals surface area contributed by atoms with Crippen LogP contribution in [0.25, 0.3) is 0 Å². The molecule has 31 heavy (non-hydrogen) atoms. The molecular formula is C19H17ClF3N3O4S. The number of carbonyl (C=O) groups excluding carboxylic acids is 2. The van der Waals surface area contributed by atoms with Crippen molar-refractivity contribution in [1.82, 2.24) is 4.90 Å². The molecule has 0 N–H and O–H groups in total. The Hall–Kier alpha value is -2.66. The molecule has 1 aromatic carbocycles. The van der Waals surface area contributed by atoms with Crippen LogP contribution in [0.2, 0.25) is 4.34 Å². The van der Waals surface area contributed by atoms with Crippen LogP contribution >= 0.6 is 22.9 Å². The third-order valence-corrected chi connectivity index (χ3v) is 6.16. The lowest BCUT2D eigenvalue weighted by molar-refractivity contribution is -0.384. The van der Waals surface area contributed by atoms with E-state index in [2.05, 4.69) is 0 Å². The SMILES string of the molecule is O=C(CCC(=O)N1CCN(c2ccc(C(F)(F)F)cc2[N+](=O)[O-])CC1)c1ccc(Cl)s1. The van der Waals surface area contributed by atoms with Gasteiger partial charge in [0.15, 0.2) is 5.78 Å². The van der Waals surface area contributed by atoms with Crippen LogP contribution in [0, 0.1) is 10.1 Å². The van der Waals surface area contributed by atoms with Crippen LogP contribution < -0.4 is 4.90 Å². The number of hydrogen-bond donors (Lipinski definition) is 0. The molecule has 1 aliphatic heterocycles. The molecule has 0 aliphatic carbocycles. The number of amides is 1. The Morgan fingerprint density at radius 1 is 1.10 bits per heavy atom. The number of Topliss-reactive ketones (excluding diaryl/α,β-unsaturated/α-hetero) is 1. The predicted octanol–water partition coefficient (Wildman–Crippen LogP) is 4.64. The lowest BCUT2D eigenvalue weighted by Crippen LogP contribution is -2.49. The number of hydrogen-bond acceptors (Lipinski definition) is 6. The number of halogens is 4. The van der Waals surface area contributed by atoms with Gasteiger partial charge < -0.3 is 9.80 Å². The first-order valence-electron chi connectivity index (χ1n) is 9.23. The minimum atomic E-state index is -4.68. The molecule has 1 amide bonds. The molecule has 1 saturated heterocycles. The summed E-state index contributed by atoms with van der Waals surface area (Å²) in [7, 11) is 0. The number of piperazine rings is 1. The van der Waals surface area contributed by atoms with Crippen molar-refractivity contribution in [2.75, 3.05) is 31.1 Å². The van der Waals surface area contributed by atoms with Gasteiger partial charge in [0.05, 0.1) is 19.7 Å². The van der Waals surface area contributed by atoms with E-state index in [1.807, 2.05) is 0 Å². The van der Waals surface area contributed by atoms with Crippen LogP contribution in [0.4, 0.5) is 24.5 Å². The van der Waals surface area contributed by atoms with Gasteiger partial charge in [-0.05, 0) is 24.3 Å². The number of benzene rings is 1. The number of rotatable bonds is 6. The van der Waals surface area contributed by atoms with Crippen LogP contribution in [0.5, 0.6) is 0 Å². The fraction of sp³-hybridized carbons (Fsp3) is 0.368. The van der Waals surface area contributed by atoms with Crippen molar-refractivity contribution >= 4 is 46.0 Å². The molecule has 7 nitrogen and oxygen atoms in total. The van der Waals surface area contributed by atoms with Crippen molar-refractivity contribution in [3.05, 3.63) is 55.2 Å². The van der Waals surface area contributed by atoms with Crippen molar-refractivity contribution in [2.45, 2.75) is 19.0 Å². The number of nitro benzene ring substituents is 1. The van der Waals surface area contributed by atoms with E-state index in [0.29, 0.717) is 15.3 Å². The fourth-order valence-corrected chi connectivity index (χ4v) is 4.29. The summed E-state index contributed by atoms with van der Waals surface area (Å²) in [4.78, 5) is 38.6. The van der Waals surface area contributed by atoms with Crippen LogP contribution in [0.1, 0.15) is 28.1 Å². The number of nitrogens with zero attached hydrogens (tertiary/aromatic N) is 3. The number of carbonyl (C=O) groups is 2. The topological polar surface area (TPSA) is 83.8 Å². The van der Waals surface area contributed by atoms with E-state index in [-0.39, 0.29) is 56.4 Å². The summed E-state index contributed by atoms with van der Waals surface area (Å²) in [6.45, 7) is 0.949. The predicted molar refractivity (Wildman–Crippen MR) is 110 cm³/mol. The third kappa shape index (κ3) is 5.53. The molecule has 3 rings (SSSR count). The van der Waals surface area contributed by atoms with Crippen molar-refractivity contribution in [3.63, 3.8) is 0 Å². The highest BCUT2D eigenvalue weighted by molar-refractivity contribution is 7.18. The maximum Gasteiger partial charge on any atom is 0.416 e. The Bertz CT molecular complexity index is 1000. The van der Waals surface area contributed by atoms with Gasteiger partial charge in [0, 0.05) is 45.1 Å². The number of anilines is 1. The van der Waals surface area contributed by atoms with Gasteiger partial charge in [-0.3, -0.25) is 19.7 Å². The average Bonchev–Trinajstić information content (AvgIpc) is 3.17. The van der Waals surface area contributed by atoms with E-state index in [4.69, 9.17) is 11.6 Å². The largest absolute Gasteiger partial charge is 0.416 e. The molecule has 0 saturated carbocycles. The standard InChI is InChI=1S/C19H17ClF3N3O4S/c20-17-5-4-16(31-17)15(27)3-6-18(28)25-9-7-24(8-10-25)13-2-1-12(19(21,22)23)11-14(13)26(29)30/h1-2,4-5,11H,3,6-10H2. The van der Waals surface area contributed by atoms with E-state index in [0.717, 1.165) is 23.5 Å². The van der Waals surface area contributed by atoms with Crippen molar-refractivity contribution in [2.24, 2.45) is 0 Å². The highest BCUT2D eigenvalue weighted by Crippen LogP contribution is 2.36. The highest BCUT2D eigenvalue weighted by atomic mass is 35.5. The second-order valence-electron chi connectivity index (χ2n) is 6.85. The van der Waals surface area contributed by atoms with Crippen molar-refractivity contribution < 1.29 is 27.7 Å². The fourth-order valence-electron chi connectivity index (χ4n) is 3.28. The monoisotopic (exact) mass is 475 g/mol. The van der Waals surface area contributed by atoms with E-state index < -0.39 is 22.4 Å². The number of nitro groups is 1. The molecule has 2 heterocycles. The molecule has 0 bridgehead atoms. The molecule has 0 spiro atoms. The molecule has 1 fully saturated rings. The molecule has 12 heteroatoms. The normalized spacial score (nSPS) is 14.6. The molecule has 0 atom stereocenters. The number of alkyl halides is 3. The van der Waals surface area contributed by atoms with Gasteiger partial charge in [-0.2, -0.15) is 13.2 Å². The first kappa shape index (κ1) is 23.0. The zero-order valence-electron chi connectivity index (χ0n) is 16.0. The first-order valence-corrected chi connectivity index (χ1v) is 10.4. The maximum atomic E-state index is 12.9. The quantitative estimate of drug-likeness (QED) is 0.345. The van der Waals surface area contributed by atoms with E-state index in [1.54, 1.807) is 21.9 Å². The Balaban J connectivity index is 1.59. The van der Waals surface area contributed by atoms with Gasteiger partial charge in [0.2, 0.25) is 5.91 Å². The molecular weight excluding hydrogens is 459 g/mol. The molecule has 0 radical (unpaired) electrons. The van der Waals surface area contributed by atoms with Gasteiger partial charge in [0.25, 0.3) is 5.69 Å². The van der Waals surface area contributed by atoms with Crippen LogP contribution in [0.15, 0.2) is 30.3 Å². The zero-order valence-corrected chi connectivity index (χ0v) is 17.6. The lowest BCUT2D eigenvalue weighted by atomic mass is 10.1. The Kier molecular flexibility index (Phi) is 6.85. The van der Waals surface area contributed by atoms with Gasteiger partial charge >= 0.3 is 6.18 Å². The van der Waals surface area contributed by atoms with E-state index in [1.165, 1.54) is 0 Å². The van der Waals surface area contributed by atoms with Crippen LogP contribution in [-0.4, -0.2) is 47.7 Å². The summed E-state index contributed by atoms with van der Waals surface area (Å²) in [6.07, 6.45) is -4.62. The minimum Gasteiger partial charge on any atom is -0.362 e. The van der Waals surface area contributed by atoms with Crippen molar-refractivity contribution in [1.29, 1.82) is 0 Å². The highest BCUT2D eigenvalue weighted by Gasteiger charge is 2.34. The van der Waals surface area contributed by atoms with Gasteiger partial charge in [0.1, 0.15) is 5.69 Å². The first-order chi connectivity index (χ1) is 14.6. The summed E-state index contributed by atoms with van der Waals surface area (Å²) < 4.78 is 39.1. The summed E-state index contributed by atoms with van der Waals surface area (Å²) in [5.74, 6) is -0.401. The van der Waals surface area contributed by atoms with Gasteiger partial charge in [-0.25, -0.2) is 0 Å². The third-order valence-electron chi connectivity index (χ3n) is 4.89. The average molecular weight is 476 g/mol. The van der Waals surface area contributed by atoms with Crippen LogP contribution in [-0.2, 0) is 11.0 Å². The second kappa shape index (κ2) is 9.23. The zero-order chi connectivity index (χ0) is 22.8. The van der Waals surface area contributed by atoms with E-state index in [9.17, 15) is 32.9 Å². The summed E-state index contributed by atoms with van der Waals surface area (Å²) in [5, 5.41) is 11.3. The number of ketones is 1. The molecule has 166 valence electrons. The van der Waals surface area contributed by atoms with Crippen molar-refractivity contribution in [3.8, 4) is 0 Å². The minimum absolute atomic E-state index is 0.0226. The smallest absolute Gasteiger partial charge is 0.362 e. The summed E-state index contributed by atoms with van der Waals surface area (Å²) in [6, 6.07) is 5.64. The molecule has 1 aromatic heterocycles. The maximum absolute atomic E-state index is 12.9. The Labute approximate surface area is 184 Å². The van der Waals surface area contributed by atoms with Crippen LogP contribution in [0.3, 0.4) is 0 Å². The lowest BCUT2D eigenvalue weighted by Gasteiger charge is -2.36. The Morgan fingerprint density at radius 3 is 2.32 bits per heavy atom. The van der Waals surface area contributed by atoms with Gasteiger partial charge in [-0.15, -0.1) is 11.3 Å². The second-order valence-corrected chi connectivity index (χ2v) is 8.57.